The van der Waals surface area contributed by atoms with Crippen LogP contribution in [-0.2, 0) is 4.79 Å². The van der Waals surface area contributed by atoms with Crippen LogP contribution in [-0.4, -0.2) is 16.3 Å². The summed E-state index contributed by atoms with van der Waals surface area (Å²) in [6.45, 7) is 7.93. The lowest BCUT2D eigenvalue weighted by Gasteiger charge is -2.27. The molecule has 132 valence electrons. The summed E-state index contributed by atoms with van der Waals surface area (Å²) in [6, 6.07) is 11.4. The number of aryl methyl sites for hydroxylation is 1. The third-order valence-electron chi connectivity index (χ3n) is 4.51. The lowest BCUT2D eigenvalue weighted by Crippen LogP contribution is -2.30. The highest BCUT2D eigenvalue weighted by Crippen LogP contribution is 2.47. The molecule has 5 heteroatoms. The number of amides is 1. The Morgan fingerprint density at radius 1 is 1.24 bits per heavy atom. The molecule has 3 nitrogen and oxygen atoms in total. The van der Waals surface area contributed by atoms with Gasteiger partial charge >= 0.3 is 0 Å². The normalized spacial score (nSPS) is 20.6. The fraction of sp³-hybridized carbons (Fsp3) is 0.350. The number of phenols is 1. The molecule has 1 amide bonds. The molecular formula is C20H22ClNO2S. The van der Waals surface area contributed by atoms with Crippen molar-refractivity contribution in [2.75, 3.05) is 4.90 Å². The van der Waals surface area contributed by atoms with Gasteiger partial charge in [0.25, 0.3) is 0 Å². The zero-order valence-electron chi connectivity index (χ0n) is 14.8. The smallest absolute Gasteiger partial charge is 0.241 e. The number of thioether (sulfide) groups is 1. The second-order valence-corrected chi connectivity index (χ2v) is 8.61. The summed E-state index contributed by atoms with van der Waals surface area (Å²) in [5.74, 6) is 0.535. The van der Waals surface area contributed by atoms with Crippen molar-refractivity contribution >= 4 is 35.0 Å². The molecule has 2 unspecified atom stereocenters. The first-order valence-corrected chi connectivity index (χ1v) is 9.69. The van der Waals surface area contributed by atoms with Gasteiger partial charge in [-0.25, -0.2) is 0 Å². The van der Waals surface area contributed by atoms with Crippen LogP contribution >= 0.6 is 23.4 Å². The first-order valence-electron chi connectivity index (χ1n) is 8.37. The summed E-state index contributed by atoms with van der Waals surface area (Å²) in [4.78, 5) is 14.8. The van der Waals surface area contributed by atoms with Crippen LogP contribution in [0.15, 0.2) is 36.4 Å². The molecule has 2 aromatic carbocycles. The number of nitrogens with zero attached hydrogens (tertiary/aromatic N) is 1. The Bertz CT molecular complexity index is 821. The molecule has 1 heterocycles. The van der Waals surface area contributed by atoms with Crippen molar-refractivity contribution in [3.63, 3.8) is 0 Å². The Labute approximate surface area is 158 Å². The SMILES string of the molecule is Cc1cc(O)c(C(C)C)cc1N1C(=O)C(C)SC1c1cccc(Cl)c1. The minimum atomic E-state index is -0.125. The Hall–Kier alpha value is -1.65. The molecule has 25 heavy (non-hydrogen) atoms. The first-order chi connectivity index (χ1) is 11.8. The maximum Gasteiger partial charge on any atom is 0.241 e. The van der Waals surface area contributed by atoms with E-state index in [0.717, 1.165) is 22.4 Å². The van der Waals surface area contributed by atoms with Gasteiger partial charge < -0.3 is 5.11 Å². The van der Waals surface area contributed by atoms with Crippen molar-refractivity contribution in [3.05, 3.63) is 58.1 Å². The fourth-order valence-electron chi connectivity index (χ4n) is 3.18. The monoisotopic (exact) mass is 375 g/mol. The molecule has 3 rings (SSSR count). The van der Waals surface area contributed by atoms with Gasteiger partial charge in [-0.2, -0.15) is 0 Å². The minimum Gasteiger partial charge on any atom is -0.508 e. The van der Waals surface area contributed by atoms with Crippen molar-refractivity contribution < 1.29 is 9.90 Å². The van der Waals surface area contributed by atoms with Crippen molar-refractivity contribution in [2.24, 2.45) is 0 Å². The molecule has 2 aromatic rings. The van der Waals surface area contributed by atoms with Crippen LogP contribution in [0.1, 0.15) is 48.8 Å². The van der Waals surface area contributed by atoms with Gasteiger partial charge in [0.1, 0.15) is 11.1 Å². The van der Waals surface area contributed by atoms with Gasteiger partial charge in [-0.05, 0) is 60.7 Å². The van der Waals surface area contributed by atoms with Gasteiger partial charge in [-0.3, -0.25) is 9.69 Å². The van der Waals surface area contributed by atoms with Crippen molar-refractivity contribution in [1.29, 1.82) is 0 Å². The maximum absolute atomic E-state index is 12.9. The molecule has 0 bridgehead atoms. The van der Waals surface area contributed by atoms with Gasteiger partial charge in [0, 0.05) is 10.7 Å². The second kappa shape index (κ2) is 6.93. The Kier molecular flexibility index (Phi) is 5.03. The second-order valence-electron chi connectivity index (χ2n) is 6.75. The van der Waals surface area contributed by atoms with Crippen LogP contribution < -0.4 is 4.90 Å². The maximum atomic E-state index is 12.9. The predicted octanol–water partition coefficient (Wildman–Crippen LogP) is 5.64. The van der Waals surface area contributed by atoms with Crippen LogP contribution in [0, 0.1) is 6.92 Å². The number of halogens is 1. The molecule has 0 saturated carbocycles. The molecule has 0 aromatic heterocycles. The van der Waals surface area contributed by atoms with E-state index in [-0.39, 0.29) is 28.2 Å². The molecule has 0 aliphatic carbocycles. The van der Waals surface area contributed by atoms with E-state index in [2.05, 4.69) is 0 Å². The predicted molar refractivity (Wildman–Crippen MR) is 106 cm³/mol. The van der Waals surface area contributed by atoms with Gasteiger partial charge in [0.15, 0.2) is 0 Å². The number of hydrogen-bond acceptors (Lipinski definition) is 3. The molecule has 1 aliphatic heterocycles. The Morgan fingerprint density at radius 2 is 1.96 bits per heavy atom. The largest absolute Gasteiger partial charge is 0.508 e. The highest BCUT2D eigenvalue weighted by molar-refractivity contribution is 8.01. The number of anilines is 1. The Morgan fingerprint density at radius 3 is 2.60 bits per heavy atom. The lowest BCUT2D eigenvalue weighted by atomic mass is 9.98. The first kappa shape index (κ1) is 18.2. The van der Waals surface area contributed by atoms with Crippen molar-refractivity contribution in [1.82, 2.24) is 0 Å². The van der Waals surface area contributed by atoms with E-state index in [1.165, 1.54) is 0 Å². The fourth-order valence-corrected chi connectivity index (χ4v) is 4.63. The van der Waals surface area contributed by atoms with E-state index < -0.39 is 0 Å². The third kappa shape index (κ3) is 3.38. The van der Waals surface area contributed by atoms with E-state index >= 15 is 0 Å². The number of benzene rings is 2. The average molecular weight is 376 g/mol. The van der Waals surface area contributed by atoms with E-state index in [0.29, 0.717) is 5.02 Å². The van der Waals surface area contributed by atoms with Gasteiger partial charge in [-0.1, -0.05) is 37.6 Å². The minimum absolute atomic E-state index is 0.0819. The summed E-state index contributed by atoms with van der Waals surface area (Å²) in [5.41, 5.74) is 3.60. The average Bonchev–Trinajstić information content (AvgIpc) is 2.83. The third-order valence-corrected chi connectivity index (χ3v) is 6.10. The number of aromatic hydroxyl groups is 1. The van der Waals surface area contributed by atoms with E-state index in [9.17, 15) is 9.90 Å². The molecule has 2 atom stereocenters. The van der Waals surface area contributed by atoms with Gasteiger partial charge in [-0.15, -0.1) is 11.8 Å². The summed E-state index contributed by atoms with van der Waals surface area (Å²) in [6.07, 6.45) is 0. The van der Waals surface area contributed by atoms with Crippen LogP contribution in [0.3, 0.4) is 0 Å². The van der Waals surface area contributed by atoms with E-state index in [1.807, 2.05) is 62.9 Å². The zero-order chi connectivity index (χ0) is 18.3. The standard InChI is InChI=1S/C20H22ClNO2S/c1-11(2)16-10-17(12(3)8-18(16)23)22-19(24)13(4)25-20(22)14-6-5-7-15(21)9-14/h5-11,13,20,23H,1-4H3. The van der Waals surface area contributed by atoms with Gasteiger partial charge in [0.05, 0.1) is 5.25 Å². The molecule has 0 radical (unpaired) electrons. The molecule has 1 saturated heterocycles. The quantitative estimate of drug-likeness (QED) is 0.754. The summed E-state index contributed by atoms with van der Waals surface area (Å²) >= 11 is 7.78. The summed E-state index contributed by atoms with van der Waals surface area (Å²) < 4.78 is 0. The molecule has 1 N–H and O–H groups in total. The van der Waals surface area contributed by atoms with E-state index in [4.69, 9.17) is 11.6 Å². The van der Waals surface area contributed by atoms with Crippen LogP contribution in [0.2, 0.25) is 5.02 Å². The number of hydrogen-bond donors (Lipinski definition) is 1. The van der Waals surface area contributed by atoms with Crippen molar-refractivity contribution in [3.8, 4) is 5.75 Å². The molecule has 0 spiro atoms. The number of phenolic OH excluding ortho intramolecular Hbond substituents is 1. The molecular weight excluding hydrogens is 354 g/mol. The highest BCUT2D eigenvalue weighted by Gasteiger charge is 2.40. The molecule has 1 aliphatic rings. The van der Waals surface area contributed by atoms with Crippen LogP contribution in [0.4, 0.5) is 5.69 Å². The summed E-state index contributed by atoms with van der Waals surface area (Å²) in [7, 11) is 0. The molecule has 1 fully saturated rings. The van der Waals surface area contributed by atoms with E-state index in [1.54, 1.807) is 17.8 Å². The van der Waals surface area contributed by atoms with Crippen LogP contribution in [0.5, 0.6) is 5.75 Å². The number of carbonyl (C=O) groups excluding carboxylic acids is 1. The zero-order valence-corrected chi connectivity index (χ0v) is 16.4. The van der Waals surface area contributed by atoms with Gasteiger partial charge in [0.2, 0.25) is 5.91 Å². The number of carbonyl (C=O) groups is 1. The van der Waals surface area contributed by atoms with Crippen molar-refractivity contribution in [2.45, 2.75) is 44.2 Å². The highest BCUT2D eigenvalue weighted by atomic mass is 35.5. The lowest BCUT2D eigenvalue weighted by molar-refractivity contribution is -0.117. The summed E-state index contributed by atoms with van der Waals surface area (Å²) in [5, 5.41) is 10.7. The topological polar surface area (TPSA) is 40.5 Å². The van der Waals surface area contributed by atoms with Crippen LogP contribution in [0.25, 0.3) is 0 Å². The Balaban J connectivity index is 2.12. The number of rotatable bonds is 3.